The molecule has 0 aliphatic rings. The molecule has 1 heterocycles. The first-order valence-corrected chi connectivity index (χ1v) is 9.40. The number of ether oxygens (including phenoxy) is 1. The van der Waals surface area contributed by atoms with Crippen LogP contribution in [0.1, 0.15) is 28.3 Å². The van der Waals surface area contributed by atoms with Crippen molar-refractivity contribution < 1.29 is 18.2 Å². The average Bonchev–Trinajstić information content (AvgIpc) is 3.02. The molecule has 0 bridgehead atoms. The molecule has 0 aliphatic heterocycles. The maximum atomic E-state index is 12.2. The Hall–Kier alpha value is -1.63. The highest BCUT2D eigenvalue weighted by atomic mass is 35.5. The number of carbonyl (C=O) groups excluding carboxylic acids is 1. The fourth-order valence-electron chi connectivity index (χ4n) is 2.06. The minimum Gasteiger partial charge on any atom is -0.455 e. The summed E-state index contributed by atoms with van der Waals surface area (Å²) in [5, 5.41) is 3.39. The lowest BCUT2D eigenvalue weighted by Crippen LogP contribution is -2.24. The van der Waals surface area contributed by atoms with Crippen molar-refractivity contribution in [2.75, 3.05) is 20.3 Å². The standard InChI is InChI=1S/C17H20ClNO4S/c1-22-10-2-9-19-17(20)16-8-7-15(23-16)12-24(21)11-13-3-5-14(18)6-4-13/h3-8H,2,9-12H2,1H3,(H,19,20). The van der Waals surface area contributed by atoms with Crippen LogP contribution in [-0.2, 0) is 27.0 Å². The highest BCUT2D eigenvalue weighted by molar-refractivity contribution is 7.83. The molecule has 0 spiro atoms. The van der Waals surface area contributed by atoms with Crippen LogP contribution < -0.4 is 5.32 Å². The number of rotatable bonds is 9. The number of hydrogen-bond acceptors (Lipinski definition) is 4. The van der Waals surface area contributed by atoms with Gasteiger partial charge in [0.25, 0.3) is 5.91 Å². The second-order valence-electron chi connectivity index (χ2n) is 5.22. The quantitative estimate of drug-likeness (QED) is 0.689. The minimum absolute atomic E-state index is 0.228. The topological polar surface area (TPSA) is 68.5 Å². The van der Waals surface area contributed by atoms with E-state index < -0.39 is 10.8 Å². The molecule has 5 nitrogen and oxygen atoms in total. The van der Waals surface area contributed by atoms with Crippen LogP contribution in [0.2, 0.25) is 5.02 Å². The maximum absolute atomic E-state index is 12.2. The van der Waals surface area contributed by atoms with Crippen molar-refractivity contribution in [1.29, 1.82) is 0 Å². The van der Waals surface area contributed by atoms with Gasteiger partial charge >= 0.3 is 0 Å². The van der Waals surface area contributed by atoms with Crippen LogP contribution in [0.5, 0.6) is 0 Å². The molecule has 0 fully saturated rings. The van der Waals surface area contributed by atoms with Gasteiger partial charge in [-0.3, -0.25) is 9.00 Å². The molecule has 0 radical (unpaired) electrons. The molecule has 1 amide bonds. The SMILES string of the molecule is COCCCNC(=O)c1ccc(CS(=O)Cc2ccc(Cl)cc2)o1. The van der Waals surface area contributed by atoms with Crippen molar-refractivity contribution in [3.63, 3.8) is 0 Å². The van der Waals surface area contributed by atoms with Crippen LogP contribution in [0, 0.1) is 0 Å². The van der Waals surface area contributed by atoms with E-state index >= 15 is 0 Å². The van der Waals surface area contributed by atoms with Crippen LogP contribution in [0.3, 0.4) is 0 Å². The lowest BCUT2D eigenvalue weighted by atomic mass is 10.2. The van der Waals surface area contributed by atoms with Gasteiger partial charge in [0.2, 0.25) is 0 Å². The number of nitrogens with one attached hydrogen (secondary N) is 1. The third-order valence-corrected chi connectivity index (χ3v) is 4.75. The zero-order valence-corrected chi connectivity index (χ0v) is 15.0. The number of hydrogen-bond donors (Lipinski definition) is 1. The largest absolute Gasteiger partial charge is 0.455 e. The first-order valence-electron chi connectivity index (χ1n) is 7.54. The molecule has 0 aliphatic carbocycles. The summed E-state index contributed by atoms with van der Waals surface area (Å²) < 4.78 is 22.6. The lowest BCUT2D eigenvalue weighted by molar-refractivity contribution is 0.0919. The summed E-state index contributed by atoms with van der Waals surface area (Å²) in [7, 11) is 0.494. The summed E-state index contributed by atoms with van der Waals surface area (Å²) in [6.07, 6.45) is 0.737. The highest BCUT2D eigenvalue weighted by Gasteiger charge is 2.12. The molecular weight excluding hydrogens is 350 g/mol. The monoisotopic (exact) mass is 369 g/mol. The maximum Gasteiger partial charge on any atom is 0.286 e. The molecular formula is C17H20ClNO4S. The first-order chi connectivity index (χ1) is 11.6. The van der Waals surface area contributed by atoms with E-state index in [0.29, 0.717) is 29.7 Å². The normalized spacial score (nSPS) is 12.1. The molecule has 2 aromatic rings. The molecule has 1 unspecified atom stereocenters. The molecule has 7 heteroatoms. The first kappa shape index (κ1) is 18.7. The predicted molar refractivity (Wildman–Crippen MR) is 94.5 cm³/mol. The van der Waals surface area contributed by atoms with Crippen molar-refractivity contribution in [1.82, 2.24) is 5.32 Å². The van der Waals surface area contributed by atoms with Crippen LogP contribution >= 0.6 is 11.6 Å². The number of methoxy groups -OCH3 is 1. The van der Waals surface area contributed by atoms with Gasteiger partial charge in [-0.2, -0.15) is 0 Å². The molecule has 130 valence electrons. The summed E-state index contributed by atoms with van der Waals surface area (Å²) >= 11 is 5.83. The molecule has 24 heavy (non-hydrogen) atoms. The van der Waals surface area contributed by atoms with Crippen LogP contribution in [0.25, 0.3) is 0 Å². The fraction of sp³-hybridized carbons (Fsp3) is 0.353. The second-order valence-corrected chi connectivity index (χ2v) is 7.12. The Kier molecular flexibility index (Phi) is 7.49. The third-order valence-electron chi connectivity index (χ3n) is 3.24. The van der Waals surface area contributed by atoms with Crippen LogP contribution in [0.4, 0.5) is 0 Å². The summed E-state index contributed by atoms with van der Waals surface area (Å²) in [6, 6.07) is 10.5. The number of carbonyl (C=O) groups is 1. The van der Waals surface area contributed by atoms with Gasteiger partial charge in [-0.15, -0.1) is 0 Å². The van der Waals surface area contributed by atoms with Crippen molar-refractivity contribution in [3.05, 3.63) is 58.5 Å². The van der Waals surface area contributed by atoms with Gasteiger partial charge in [0.05, 0.1) is 5.75 Å². The van der Waals surface area contributed by atoms with E-state index in [0.717, 1.165) is 12.0 Å². The highest BCUT2D eigenvalue weighted by Crippen LogP contribution is 2.15. The molecule has 2 rings (SSSR count). The van der Waals surface area contributed by atoms with Gasteiger partial charge in [-0.05, 0) is 36.2 Å². The predicted octanol–water partition coefficient (Wildman–Crippen LogP) is 3.15. The third kappa shape index (κ3) is 6.11. The van der Waals surface area contributed by atoms with Crippen molar-refractivity contribution >= 4 is 28.3 Å². The Morgan fingerprint density at radius 1 is 1.21 bits per heavy atom. The zero-order valence-electron chi connectivity index (χ0n) is 13.4. The molecule has 0 saturated heterocycles. The van der Waals surface area contributed by atoms with Gasteiger partial charge in [0.1, 0.15) is 5.76 Å². The van der Waals surface area contributed by atoms with E-state index in [1.165, 1.54) is 0 Å². The minimum atomic E-state index is -1.12. The van der Waals surface area contributed by atoms with E-state index in [-0.39, 0.29) is 17.4 Å². The van der Waals surface area contributed by atoms with E-state index in [1.54, 1.807) is 31.4 Å². The van der Waals surface area contributed by atoms with Gasteiger partial charge in [-0.25, -0.2) is 0 Å². The van der Waals surface area contributed by atoms with Crippen molar-refractivity contribution in [3.8, 4) is 0 Å². The molecule has 1 N–H and O–H groups in total. The summed E-state index contributed by atoms with van der Waals surface area (Å²) in [5.74, 6) is 1.16. The van der Waals surface area contributed by atoms with E-state index in [2.05, 4.69) is 5.32 Å². The zero-order chi connectivity index (χ0) is 17.4. The van der Waals surface area contributed by atoms with E-state index in [4.69, 9.17) is 20.8 Å². The van der Waals surface area contributed by atoms with Crippen molar-refractivity contribution in [2.45, 2.75) is 17.9 Å². The van der Waals surface area contributed by atoms with Crippen LogP contribution in [-0.4, -0.2) is 30.4 Å². The Morgan fingerprint density at radius 3 is 2.67 bits per heavy atom. The smallest absolute Gasteiger partial charge is 0.286 e. The summed E-state index contributed by atoms with van der Waals surface area (Å²) in [5.41, 5.74) is 0.945. The Balaban J connectivity index is 1.83. The fourth-order valence-corrected chi connectivity index (χ4v) is 3.32. The van der Waals surface area contributed by atoms with E-state index in [9.17, 15) is 9.00 Å². The van der Waals surface area contributed by atoms with Gasteiger partial charge < -0.3 is 14.5 Å². The number of benzene rings is 1. The lowest BCUT2D eigenvalue weighted by Gasteiger charge is -2.03. The number of amides is 1. The summed E-state index contributed by atoms with van der Waals surface area (Å²) in [4.78, 5) is 11.9. The Labute approximate surface area is 148 Å². The Bertz CT molecular complexity index is 684. The van der Waals surface area contributed by atoms with Crippen molar-refractivity contribution in [2.24, 2.45) is 0 Å². The van der Waals surface area contributed by atoms with Crippen LogP contribution in [0.15, 0.2) is 40.8 Å². The molecule has 1 aromatic heterocycles. The second kappa shape index (κ2) is 9.61. The van der Waals surface area contributed by atoms with E-state index in [1.807, 2.05) is 12.1 Å². The molecule has 1 atom stereocenters. The molecule has 0 saturated carbocycles. The summed E-state index contributed by atoms with van der Waals surface area (Å²) in [6.45, 7) is 1.11. The van der Waals surface area contributed by atoms with Gasteiger partial charge in [0, 0.05) is 41.8 Å². The number of halogens is 1. The van der Waals surface area contributed by atoms with Gasteiger partial charge in [-0.1, -0.05) is 23.7 Å². The number of furan rings is 1. The van der Waals surface area contributed by atoms with Gasteiger partial charge in [0.15, 0.2) is 5.76 Å². The Morgan fingerprint density at radius 2 is 1.96 bits per heavy atom. The average molecular weight is 370 g/mol. The molecule has 1 aromatic carbocycles.